The maximum absolute atomic E-state index is 11.7. The highest BCUT2D eigenvalue weighted by Crippen LogP contribution is 2.25. The number of carbonyl (C=O) groups is 2. The molecule has 1 heterocycles. The summed E-state index contributed by atoms with van der Waals surface area (Å²) in [7, 11) is 2.42. The zero-order valence-corrected chi connectivity index (χ0v) is 13.1. The van der Waals surface area contributed by atoms with Gasteiger partial charge >= 0.3 is 11.9 Å². The van der Waals surface area contributed by atoms with E-state index in [0.717, 1.165) is 6.08 Å². The van der Waals surface area contributed by atoms with Gasteiger partial charge in [-0.2, -0.15) is 0 Å². The third-order valence-electron chi connectivity index (χ3n) is 2.53. The van der Waals surface area contributed by atoms with Crippen molar-refractivity contribution in [1.82, 2.24) is 10.2 Å². The van der Waals surface area contributed by atoms with Crippen molar-refractivity contribution in [3.63, 3.8) is 0 Å². The quantitative estimate of drug-likeness (QED) is 0.632. The molecule has 1 N–H and O–H groups in total. The average Bonchev–Trinajstić information content (AvgIpc) is 3.06. The number of hydrogen-bond acceptors (Lipinski definition) is 9. The lowest BCUT2D eigenvalue weighted by atomic mass is 10.2. The molecular weight excluding hydrogens is 322 g/mol. The maximum atomic E-state index is 11.7. The Hall–Kier alpha value is -2.94. The van der Waals surface area contributed by atoms with Crippen LogP contribution < -0.4 is 10.1 Å². The molecule has 23 heavy (non-hydrogen) atoms. The normalized spacial score (nSPS) is 10.8. The van der Waals surface area contributed by atoms with Crippen LogP contribution in [0, 0.1) is 0 Å². The van der Waals surface area contributed by atoms with Crippen LogP contribution in [0.15, 0.2) is 41.5 Å². The molecule has 0 spiro atoms. The SMILES string of the molecule is COC(=O)/C=C(/Nc1cccc(Oc2nncs2)c1)C(=O)OC. The van der Waals surface area contributed by atoms with Crippen molar-refractivity contribution in [3.8, 4) is 10.9 Å². The van der Waals surface area contributed by atoms with Gasteiger partial charge in [-0.25, -0.2) is 9.59 Å². The molecule has 0 bridgehead atoms. The molecule has 0 saturated carbocycles. The summed E-state index contributed by atoms with van der Waals surface area (Å²) < 4.78 is 14.6. The van der Waals surface area contributed by atoms with Crippen molar-refractivity contribution < 1.29 is 23.8 Å². The Morgan fingerprint density at radius 2 is 2.09 bits per heavy atom. The third kappa shape index (κ3) is 4.78. The van der Waals surface area contributed by atoms with Gasteiger partial charge in [0.25, 0.3) is 5.19 Å². The van der Waals surface area contributed by atoms with E-state index in [4.69, 9.17) is 4.74 Å². The van der Waals surface area contributed by atoms with Crippen LogP contribution in [-0.4, -0.2) is 36.4 Å². The number of nitrogens with zero attached hydrogens (tertiary/aromatic N) is 2. The smallest absolute Gasteiger partial charge is 0.354 e. The summed E-state index contributed by atoms with van der Waals surface area (Å²) in [6.45, 7) is 0. The van der Waals surface area contributed by atoms with E-state index in [0.29, 0.717) is 16.6 Å². The number of hydrogen-bond donors (Lipinski definition) is 1. The standard InChI is InChI=1S/C14H13N3O5S/c1-20-12(18)7-11(13(19)21-2)16-9-4-3-5-10(6-9)22-14-17-15-8-23-14/h3-8,16H,1-2H3/b11-7+. The molecule has 0 atom stereocenters. The Labute approximate surface area is 135 Å². The minimum Gasteiger partial charge on any atom is -0.466 e. The lowest BCUT2D eigenvalue weighted by Crippen LogP contribution is -2.15. The van der Waals surface area contributed by atoms with Gasteiger partial charge < -0.3 is 19.5 Å². The highest BCUT2D eigenvalue weighted by atomic mass is 32.1. The van der Waals surface area contributed by atoms with E-state index in [1.807, 2.05) is 0 Å². The first-order chi connectivity index (χ1) is 11.1. The van der Waals surface area contributed by atoms with Crippen LogP contribution in [0.25, 0.3) is 0 Å². The average molecular weight is 335 g/mol. The Morgan fingerprint density at radius 1 is 1.26 bits per heavy atom. The minimum atomic E-state index is -0.703. The van der Waals surface area contributed by atoms with Crippen molar-refractivity contribution in [1.29, 1.82) is 0 Å². The van der Waals surface area contributed by atoms with Crippen LogP contribution in [0.5, 0.6) is 10.9 Å². The molecular formula is C14H13N3O5S. The van der Waals surface area contributed by atoms with Gasteiger partial charge in [-0.1, -0.05) is 22.5 Å². The first-order valence-corrected chi connectivity index (χ1v) is 7.19. The van der Waals surface area contributed by atoms with Crippen LogP contribution in [0.1, 0.15) is 0 Å². The van der Waals surface area contributed by atoms with E-state index in [1.165, 1.54) is 25.6 Å². The Balaban J connectivity index is 2.18. The zero-order chi connectivity index (χ0) is 16.7. The van der Waals surface area contributed by atoms with Crippen molar-refractivity contribution >= 4 is 29.0 Å². The van der Waals surface area contributed by atoms with Crippen LogP contribution in [0.3, 0.4) is 0 Å². The fourth-order valence-corrected chi connectivity index (χ4v) is 1.96. The summed E-state index contributed by atoms with van der Waals surface area (Å²) in [5, 5.41) is 10.6. The molecule has 1 aromatic carbocycles. The van der Waals surface area contributed by atoms with Crippen LogP contribution in [0.4, 0.5) is 5.69 Å². The number of nitrogens with one attached hydrogen (secondary N) is 1. The second kappa shape index (κ2) is 7.90. The highest BCUT2D eigenvalue weighted by Gasteiger charge is 2.13. The lowest BCUT2D eigenvalue weighted by Gasteiger charge is -2.10. The molecule has 0 aliphatic carbocycles. The molecule has 1 aromatic heterocycles. The first kappa shape index (κ1) is 16.4. The summed E-state index contributed by atoms with van der Waals surface area (Å²) in [5.74, 6) is -0.890. The molecule has 120 valence electrons. The number of methoxy groups -OCH3 is 2. The number of carbonyl (C=O) groups excluding carboxylic acids is 2. The Kier molecular flexibility index (Phi) is 5.64. The molecule has 0 aliphatic heterocycles. The monoisotopic (exact) mass is 335 g/mol. The maximum Gasteiger partial charge on any atom is 0.354 e. The van der Waals surface area contributed by atoms with E-state index < -0.39 is 11.9 Å². The van der Waals surface area contributed by atoms with E-state index in [-0.39, 0.29) is 5.70 Å². The van der Waals surface area contributed by atoms with Gasteiger partial charge in [-0.05, 0) is 12.1 Å². The van der Waals surface area contributed by atoms with Gasteiger partial charge in [0, 0.05) is 11.8 Å². The predicted molar refractivity (Wildman–Crippen MR) is 82.2 cm³/mol. The number of anilines is 1. The fraction of sp³-hybridized carbons (Fsp3) is 0.143. The number of ether oxygens (including phenoxy) is 3. The molecule has 2 rings (SSSR count). The summed E-state index contributed by atoms with van der Waals surface area (Å²) in [6, 6.07) is 6.76. The molecule has 9 heteroatoms. The summed E-state index contributed by atoms with van der Waals surface area (Å²) in [6.07, 6.45) is 1.00. The highest BCUT2D eigenvalue weighted by molar-refractivity contribution is 7.11. The number of benzene rings is 1. The van der Waals surface area contributed by atoms with E-state index >= 15 is 0 Å². The molecule has 0 aliphatic rings. The number of rotatable bonds is 6. The second-order valence-electron chi connectivity index (χ2n) is 4.03. The Bertz CT molecular complexity index is 715. The topological polar surface area (TPSA) is 99.6 Å². The molecule has 0 amide bonds. The van der Waals surface area contributed by atoms with E-state index in [1.54, 1.807) is 29.8 Å². The van der Waals surface area contributed by atoms with Gasteiger partial charge in [0.05, 0.1) is 20.3 Å². The Morgan fingerprint density at radius 3 is 2.74 bits per heavy atom. The van der Waals surface area contributed by atoms with Gasteiger partial charge in [-0.15, -0.1) is 5.10 Å². The summed E-state index contributed by atoms with van der Waals surface area (Å²) in [5.41, 5.74) is 2.01. The fourth-order valence-electron chi connectivity index (χ4n) is 1.53. The number of esters is 2. The second-order valence-corrected chi connectivity index (χ2v) is 4.83. The summed E-state index contributed by atoms with van der Waals surface area (Å²) >= 11 is 1.25. The third-order valence-corrected chi connectivity index (χ3v) is 3.09. The molecule has 0 unspecified atom stereocenters. The van der Waals surface area contributed by atoms with Crippen molar-refractivity contribution in [3.05, 3.63) is 41.5 Å². The van der Waals surface area contributed by atoms with Crippen molar-refractivity contribution in [2.45, 2.75) is 0 Å². The van der Waals surface area contributed by atoms with Gasteiger partial charge in [0.15, 0.2) is 0 Å². The van der Waals surface area contributed by atoms with Crippen molar-refractivity contribution in [2.24, 2.45) is 0 Å². The van der Waals surface area contributed by atoms with Gasteiger partial charge in [-0.3, -0.25) is 0 Å². The first-order valence-electron chi connectivity index (χ1n) is 6.31. The van der Waals surface area contributed by atoms with Crippen LogP contribution >= 0.6 is 11.3 Å². The van der Waals surface area contributed by atoms with Crippen LogP contribution in [0.2, 0.25) is 0 Å². The van der Waals surface area contributed by atoms with Gasteiger partial charge in [0.2, 0.25) is 0 Å². The van der Waals surface area contributed by atoms with Crippen molar-refractivity contribution in [2.75, 3.05) is 19.5 Å². The molecule has 0 radical (unpaired) electrons. The summed E-state index contributed by atoms with van der Waals surface area (Å²) in [4.78, 5) is 23.0. The van der Waals surface area contributed by atoms with E-state index in [2.05, 4.69) is 25.0 Å². The minimum absolute atomic E-state index is 0.0626. The predicted octanol–water partition coefficient (Wildman–Crippen LogP) is 1.97. The zero-order valence-electron chi connectivity index (χ0n) is 12.3. The van der Waals surface area contributed by atoms with Crippen LogP contribution in [-0.2, 0) is 19.1 Å². The largest absolute Gasteiger partial charge is 0.466 e. The molecule has 0 fully saturated rings. The molecule has 2 aromatic rings. The lowest BCUT2D eigenvalue weighted by molar-refractivity contribution is -0.138. The van der Waals surface area contributed by atoms with E-state index in [9.17, 15) is 9.59 Å². The van der Waals surface area contributed by atoms with Gasteiger partial charge in [0.1, 0.15) is 17.0 Å². The molecule has 0 saturated heterocycles. The molecule has 8 nitrogen and oxygen atoms in total. The number of aromatic nitrogens is 2.